The van der Waals surface area contributed by atoms with Crippen LogP contribution in [0.3, 0.4) is 0 Å². The van der Waals surface area contributed by atoms with Crippen LogP contribution in [0.15, 0.2) is 35.3 Å². The second kappa shape index (κ2) is 4.99. The highest BCUT2D eigenvalue weighted by molar-refractivity contribution is 5.84. The van der Waals surface area contributed by atoms with Crippen molar-refractivity contribution in [1.82, 2.24) is 9.47 Å². The van der Waals surface area contributed by atoms with Crippen LogP contribution in [-0.4, -0.2) is 29.1 Å². The Morgan fingerprint density at radius 1 is 1.14 bits per heavy atom. The molecule has 3 nitrogen and oxygen atoms in total. The number of piperidine rings is 3. The minimum absolute atomic E-state index is 0.196. The van der Waals surface area contributed by atoms with Crippen LogP contribution >= 0.6 is 0 Å². The maximum Gasteiger partial charge on any atom is 0.258 e. The van der Waals surface area contributed by atoms with Gasteiger partial charge in [0.1, 0.15) is 0 Å². The lowest BCUT2D eigenvalue weighted by Crippen LogP contribution is -2.49. The van der Waals surface area contributed by atoms with Crippen LogP contribution in [0.4, 0.5) is 0 Å². The van der Waals surface area contributed by atoms with E-state index in [1.54, 1.807) is 0 Å². The highest BCUT2D eigenvalue weighted by Crippen LogP contribution is 2.35. The van der Waals surface area contributed by atoms with Gasteiger partial charge < -0.3 is 9.47 Å². The maximum absolute atomic E-state index is 12.9. The van der Waals surface area contributed by atoms with Crippen LogP contribution in [0.5, 0.6) is 0 Å². The van der Waals surface area contributed by atoms with Crippen LogP contribution in [0, 0.1) is 5.92 Å². The van der Waals surface area contributed by atoms with E-state index >= 15 is 0 Å². The number of rotatable bonds is 2. The number of hydrogen-bond acceptors (Lipinski definition) is 2. The molecule has 3 aliphatic heterocycles. The molecule has 0 spiro atoms. The van der Waals surface area contributed by atoms with Gasteiger partial charge in [0.05, 0.1) is 6.04 Å². The van der Waals surface area contributed by atoms with Gasteiger partial charge >= 0.3 is 0 Å². The monoisotopic (exact) mass is 282 g/mol. The third-order valence-electron chi connectivity index (χ3n) is 5.42. The van der Waals surface area contributed by atoms with Gasteiger partial charge in [0, 0.05) is 18.1 Å². The minimum atomic E-state index is 0.196. The second-order valence-electron chi connectivity index (χ2n) is 6.47. The van der Waals surface area contributed by atoms with E-state index in [1.807, 2.05) is 22.9 Å². The minimum Gasteiger partial charge on any atom is -0.310 e. The quantitative estimate of drug-likeness (QED) is 0.846. The topological polar surface area (TPSA) is 25.2 Å². The molecule has 2 bridgehead atoms. The Bertz CT molecular complexity index is 726. The second-order valence-corrected chi connectivity index (χ2v) is 6.47. The van der Waals surface area contributed by atoms with Crippen molar-refractivity contribution in [3.63, 3.8) is 0 Å². The zero-order chi connectivity index (χ0) is 14.4. The largest absolute Gasteiger partial charge is 0.310 e. The molecule has 1 aromatic carbocycles. The number of hydrogen-bond donors (Lipinski definition) is 0. The van der Waals surface area contributed by atoms with Gasteiger partial charge in [-0.1, -0.05) is 19.1 Å². The molecule has 0 unspecified atom stereocenters. The van der Waals surface area contributed by atoms with E-state index in [1.165, 1.54) is 31.5 Å². The van der Waals surface area contributed by atoms with Crippen molar-refractivity contribution >= 4 is 10.8 Å². The van der Waals surface area contributed by atoms with Gasteiger partial charge in [-0.3, -0.25) is 4.79 Å². The fourth-order valence-corrected chi connectivity index (χ4v) is 4.18. The summed E-state index contributed by atoms with van der Waals surface area (Å²) in [6.45, 7) is 5.62. The molecule has 4 heterocycles. The van der Waals surface area contributed by atoms with Gasteiger partial charge in [-0.2, -0.15) is 0 Å². The molecule has 3 fully saturated rings. The lowest BCUT2D eigenvalue weighted by molar-refractivity contribution is 0.0556. The Kier molecular flexibility index (Phi) is 3.11. The van der Waals surface area contributed by atoms with Crippen molar-refractivity contribution in [1.29, 1.82) is 0 Å². The molecule has 2 aromatic rings. The number of pyridine rings is 1. The lowest BCUT2D eigenvalue weighted by atomic mass is 9.83. The third-order valence-corrected chi connectivity index (χ3v) is 5.42. The van der Waals surface area contributed by atoms with Gasteiger partial charge in [0.15, 0.2) is 0 Å². The van der Waals surface area contributed by atoms with Crippen LogP contribution in [0.2, 0.25) is 0 Å². The van der Waals surface area contributed by atoms with E-state index in [-0.39, 0.29) is 5.56 Å². The molecule has 0 saturated carbocycles. The summed E-state index contributed by atoms with van der Waals surface area (Å²) in [6.07, 6.45) is 5.49. The smallest absolute Gasteiger partial charge is 0.258 e. The molecule has 110 valence electrons. The molecule has 0 aliphatic carbocycles. The Morgan fingerprint density at radius 3 is 2.62 bits per heavy atom. The Labute approximate surface area is 125 Å². The fraction of sp³-hybridized carbons (Fsp3) is 0.500. The van der Waals surface area contributed by atoms with Crippen LogP contribution in [0.1, 0.15) is 31.4 Å². The number of aromatic nitrogens is 1. The summed E-state index contributed by atoms with van der Waals surface area (Å²) >= 11 is 0. The third kappa shape index (κ3) is 2.03. The highest BCUT2D eigenvalue weighted by Gasteiger charge is 2.35. The average molecular weight is 282 g/mol. The summed E-state index contributed by atoms with van der Waals surface area (Å²) < 4.78 is 2.01. The van der Waals surface area contributed by atoms with E-state index in [2.05, 4.69) is 24.0 Å². The molecular weight excluding hydrogens is 260 g/mol. The van der Waals surface area contributed by atoms with Crippen molar-refractivity contribution in [2.24, 2.45) is 5.92 Å². The summed E-state index contributed by atoms with van der Waals surface area (Å²) in [5.41, 5.74) is 1.47. The van der Waals surface area contributed by atoms with Crippen molar-refractivity contribution < 1.29 is 0 Å². The first-order chi connectivity index (χ1) is 10.3. The number of aryl methyl sites for hydroxylation is 1. The summed E-state index contributed by atoms with van der Waals surface area (Å²) in [4.78, 5) is 15.4. The van der Waals surface area contributed by atoms with Gasteiger partial charge in [0.2, 0.25) is 0 Å². The number of nitrogens with zero attached hydrogens (tertiary/aromatic N) is 2. The summed E-state index contributed by atoms with van der Waals surface area (Å²) in [5, 5.41) is 2.01. The summed E-state index contributed by atoms with van der Waals surface area (Å²) in [6, 6.07) is 8.64. The molecule has 3 aliphatic rings. The highest BCUT2D eigenvalue weighted by atomic mass is 16.1. The van der Waals surface area contributed by atoms with E-state index in [0.29, 0.717) is 12.0 Å². The molecule has 0 radical (unpaired) electrons. The van der Waals surface area contributed by atoms with Crippen LogP contribution in [-0.2, 0) is 6.42 Å². The molecule has 3 heteroatoms. The van der Waals surface area contributed by atoms with Gasteiger partial charge in [-0.15, -0.1) is 0 Å². The summed E-state index contributed by atoms with van der Waals surface area (Å²) in [5.74, 6) is 0.680. The summed E-state index contributed by atoms with van der Waals surface area (Å²) in [7, 11) is 0. The molecule has 21 heavy (non-hydrogen) atoms. The molecule has 1 aromatic heterocycles. The van der Waals surface area contributed by atoms with Gasteiger partial charge in [-0.05, 0) is 61.4 Å². The fourth-order valence-electron chi connectivity index (χ4n) is 4.18. The van der Waals surface area contributed by atoms with E-state index < -0.39 is 0 Å². The molecule has 0 amide bonds. The predicted molar refractivity (Wildman–Crippen MR) is 85.8 cm³/mol. The van der Waals surface area contributed by atoms with Crippen molar-refractivity contribution in [3.8, 4) is 0 Å². The maximum atomic E-state index is 12.9. The van der Waals surface area contributed by atoms with E-state index in [4.69, 9.17) is 0 Å². The Morgan fingerprint density at radius 2 is 1.95 bits per heavy atom. The van der Waals surface area contributed by atoms with Gasteiger partial charge in [-0.25, -0.2) is 0 Å². The molecule has 5 rings (SSSR count). The molecule has 3 saturated heterocycles. The van der Waals surface area contributed by atoms with Gasteiger partial charge in [0.25, 0.3) is 5.56 Å². The standard InChI is InChI=1S/C18H22N2O/c1-2-13-4-3-5-16-15(13)8-11-20(18(16)21)17-12-19-9-6-14(17)7-10-19/h3-5,8,11,14,17H,2,6-7,9-10,12H2,1H3/t17-/m0/s1. The van der Waals surface area contributed by atoms with Crippen molar-refractivity contribution in [2.75, 3.05) is 19.6 Å². The van der Waals surface area contributed by atoms with Crippen LogP contribution in [0.25, 0.3) is 10.8 Å². The molecular formula is C18H22N2O. The van der Waals surface area contributed by atoms with E-state index in [0.717, 1.165) is 23.7 Å². The normalized spacial score (nSPS) is 28.1. The number of benzene rings is 1. The zero-order valence-corrected chi connectivity index (χ0v) is 12.6. The lowest BCUT2D eigenvalue weighted by Gasteiger charge is -2.45. The molecule has 1 atom stereocenters. The average Bonchev–Trinajstić information content (AvgIpc) is 2.56. The first-order valence-corrected chi connectivity index (χ1v) is 8.13. The van der Waals surface area contributed by atoms with Crippen LogP contribution < -0.4 is 5.56 Å². The Hall–Kier alpha value is -1.61. The first-order valence-electron chi connectivity index (χ1n) is 8.13. The first kappa shape index (κ1) is 13.1. The van der Waals surface area contributed by atoms with E-state index in [9.17, 15) is 4.79 Å². The predicted octanol–water partition coefficient (Wildman–Crippen LogP) is 2.83. The van der Waals surface area contributed by atoms with Crippen molar-refractivity contribution in [2.45, 2.75) is 32.2 Å². The molecule has 0 N–H and O–H groups in total. The SMILES string of the molecule is CCc1cccc2c(=O)n([C@H]3CN4CCC3CC4)ccc12. The number of fused-ring (bicyclic) bond motifs is 4. The van der Waals surface area contributed by atoms with Crippen molar-refractivity contribution in [3.05, 3.63) is 46.4 Å². The Balaban J connectivity index is 1.84. The zero-order valence-electron chi connectivity index (χ0n) is 12.6.